The van der Waals surface area contributed by atoms with Crippen molar-refractivity contribution in [1.29, 1.82) is 0 Å². The second-order valence-electron chi connectivity index (χ2n) is 4.90. The van der Waals surface area contributed by atoms with Crippen molar-refractivity contribution in [2.75, 3.05) is 0 Å². The molecule has 0 aliphatic carbocycles. The molecule has 3 heterocycles. The fourth-order valence-corrected chi connectivity index (χ4v) is 2.84. The van der Waals surface area contributed by atoms with Crippen LogP contribution in [0.25, 0.3) is 0 Å². The second-order valence-corrected chi connectivity index (χ2v) is 5.64. The Balaban J connectivity index is 1.77. The predicted octanol–water partition coefficient (Wildman–Crippen LogP) is 2.42. The van der Waals surface area contributed by atoms with Gasteiger partial charge in [0.2, 0.25) is 0 Å². The van der Waals surface area contributed by atoms with Gasteiger partial charge in [0.25, 0.3) is 5.91 Å². The Morgan fingerprint density at radius 3 is 2.95 bits per heavy atom. The number of nitrogens with zero attached hydrogens (tertiary/aromatic N) is 4. The first-order valence-electron chi connectivity index (χ1n) is 6.61. The van der Waals surface area contributed by atoms with Gasteiger partial charge in [0.15, 0.2) is 5.82 Å². The van der Waals surface area contributed by atoms with Crippen molar-refractivity contribution in [3.63, 3.8) is 0 Å². The summed E-state index contributed by atoms with van der Waals surface area (Å²) in [6, 6.07) is 2.82. The number of aromatic nitrogens is 4. The number of carbonyl (C=O) groups is 1. The first-order valence-corrected chi connectivity index (χ1v) is 7.36. The van der Waals surface area contributed by atoms with Crippen LogP contribution < -0.4 is 5.32 Å². The van der Waals surface area contributed by atoms with Gasteiger partial charge in [-0.15, -0.1) is 10.2 Å². The maximum atomic E-state index is 12.2. The summed E-state index contributed by atoms with van der Waals surface area (Å²) in [5.41, 5.74) is 0.286. The van der Waals surface area contributed by atoms with E-state index in [9.17, 15) is 4.79 Å². The molecular weight excluding hydrogens is 313 g/mol. The van der Waals surface area contributed by atoms with Crippen LogP contribution >= 0.6 is 23.2 Å². The summed E-state index contributed by atoms with van der Waals surface area (Å²) >= 11 is 11.7. The maximum Gasteiger partial charge on any atom is 0.254 e. The number of carbonyl (C=O) groups excluding carboxylic acids is 1. The van der Waals surface area contributed by atoms with Gasteiger partial charge in [0.05, 0.1) is 11.6 Å². The Bertz CT molecular complexity index is 700. The maximum absolute atomic E-state index is 12.2. The van der Waals surface area contributed by atoms with Crippen molar-refractivity contribution >= 4 is 29.1 Å². The summed E-state index contributed by atoms with van der Waals surface area (Å²) in [6.07, 6.45) is 1.99. The van der Waals surface area contributed by atoms with Crippen LogP contribution in [-0.2, 0) is 13.0 Å². The van der Waals surface area contributed by atoms with E-state index in [2.05, 4.69) is 20.5 Å². The Labute approximate surface area is 131 Å². The van der Waals surface area contributed by atoms with E-state index >= 15 is 0 Å². The highest BCUT2D eigenvalue weighted by atomic mass is 35.5. The Morgan fingerprint density at radius 2 is 2.19 bits per heavy atom. The van der Waals surface area contributed by atoms with Gasteiger partial charge in [-0.2, -0.15) is 0 Å². The van der Waals surface area contributed by atoms with Gasteiger partial charge in [0, 0.05) is 13.0 Å². The van der Waals surface area contributed by atoms with Crippen molar-refractivity contribution in [3.8, 4) is 0 Å². The molecule has 0 aromatic carbocycles. The fourth-order valence-electron chi connectivity index (χ4n) is 2.41. The summed E-state index contributed by atoms with van der Waals surface area (Å²) in [5.74, 6) is 1.41. The Kier molecular flexibility index (Phi) is 3.82. The van der Waals surface area contributed by atoms with Gasteiger partial charge in [-0.05, 0) is 25.5 Å². The van der Waals surface area contributed by atoms with Crippen LogP contribution in [0.3, 0.4) is 0 Å². The van der Waals surface area contributed by atoms with Crippen LogP contribution in [0, 0.1) is 0 Å². The van der Waals surface area contributed by atoms with Gasteiger partial charge in [-0.25, -0.2) is 4.98 Å². The van der Waals surface area contributed by atoms with Crippen molar-refractivity contribution < 1.29 is 4.79 Å². The van der Waals surface area contributed by atoms with Gasteiger partial charge >= 0.3 is 0 Å². The molecule has 1 atom stereocenters. The molecule has 110 valence electrons. The number of hydrogen-bond acceptors (Lipinski definition) is 4. The largest absolute Gasteiger partial charge is 0.342 e. The van der Waals surface area contributed by atoms with E-state index in [1.54, 1.807) is 6.07 Å². The smallest absolute Gasteiger partial charge is 0.254 e. The van der Waals surface area contributed by atoms with Crippen LogP contribution in [0.15, 0.2) is 12.1 Å². The molecule has 1 aliphatic rings. The molecule has 0 saturated heterocycles. The van der Waals surface area contributed by atoms with Crippen molar-refractivity contribution in [3.05, 3.63) is 39.7 Å². The van der Waals surface area contributed by atoms with Crippen molar-refractivity contribution in [2.45, 2.75) is 32.4 Å². The van der Waals surface area contributed by atoms with Crippen molar-refractivity contribution in [1.82, 2.24) is 25.1 Å². The lowest BCUT2D eigenvalue weighted by molar-refractivity contribution is 0.0937. The number of aryl methyl sites for hydroxylation is 1. The fraction of sp³-hybridized carbons (Fsp3) is 0.385. The molecule has 0 radical (unpaired) electrons. The summed E-state index contributed by atoms with van der Waals surface area (Å²) in [5, 5.41) is 11.5. The van der Waals surface area contributed by atoms with Gasteiger partial charge < -0.3 is 9.88 Å². The zero-order chi connectivity index (χ0) is 15.0. The lowest BCUT2D eigenvalue weighted by Gasteiger charge is -2.14. The van der Waals surface area contributed by atoms with Gasteiger partial charge in [-0.1, -0.05) is 23.2 Å². The number of pyridine rings is 1. The lowest BCUT2D eigenvalue weighted by Crippen LogP contribution is -2.29. The highest BCUT2D eigenvalue weighted by Gasteiger charge is 2.23. The molecule has 0 spiro atoms. The van der Waals surface area contributed by atoms with E-state index in [1.807, 2.05) is 11.5 Å². The summed E-state index contributed by atoms with van der Waals surface area (Å²) in [7, 11) is 0. The number of halogens is 2. The molecule has 1 N–H and O–H groups in total. The lowest BCUT2D eigenvalue weighted by atomic mass is 10.2. The third-order valence-electron chi connectivity index (χ3n) is 3.43. The molecule has 0 bridgehead atoms. The molecule has 3 rings (SSSR count). The van der Waals surface area contributed by atoms with E-state index in [4.69, 9.17) is 23.2 Å². The van der Waals surface area contributed by atoms with Crippen LogP contribution in [-0.4, -0.2) is 25.7 Å². The highest BCUT2D eigenvalue weighted by molar-refractivity contribution is 6.34. The molecule has 0 saturated carbocycles. The van der Waals surface area contributed by atoms with E-state index in [-0.39, 0.29) is 27.8 Å². The molecule has 0 fully saturated rings. The SMILES string of the molecule is CC(NC(=O)c1ccc(Cl)nc1Cl)c1nnc2n1CCC2. The monoisotopic (exact) mass is 325 g/mol. The van der Waals surface area contributed by atoms with Crippen LogP contribution in [0.2, 0.25) is 10.3 Å². The molecule has 6 nitrogen and oxygen atoms in total. The number of nitrogens with one attached hydrogen (secondary N) is 1. The zero-order valence-electron chi connectivity index (χ0n) is 11.3. The molecule has 8 heteroatoms. The van der Waals surface area contributed by atoms with Gasteiger partial charge in [0.1, 0.15) is 16.1 Å². The Morgan fingerprint density at radius 1 is 1.38 bits per heavy atom. The number of hydrogen-bond donors (Lipinski definition) is 1. The number of amides is 1. The quantitative estimate of drug-likeness (QED) is 0.879. The molecule has 2 aromatic rings. The van der Waals surface area contributed by atoms with Crippen LogP contribution in [0.1, 0.15) is 41.4 Å². The molecule has 1 aliphatic heterocycles. The zero-order valence-corrected chi connectivity index (χ0v) is 12.8. The van der Waals surface area contributed by atoms with E-state index in [0.717, 1.165) is 31.0 Å². The first-order chi connectivity index (χ1) is 10.1. The highest BCUT2D eigenvalue weighted by Crippen LogP contribution is 2.21. The standard InChI is InChI=1S/C13H13Cl2N5O/c1-7(12-19-18-10-3-2-6-20(10)12)16-13(21)8-4-5-9(14)17-11(8)15/h4-5,7H,2-3,6H2,1H3,(H,16,21). The molecule has 1 amide bonds. The minimum absolute atomic E-state index is 0.0821. The van der Waals surface area contributed by atoms with E-state index < -0.39 is 0 Å². The molecule has 2 aromatic heterocycles. The summed E-state index contributed by atoms with van der Waals surface area (Å²) in [6.45, 7) is 2.76. The first kappa shape index (κ1) is 14.3. The average Bonchev–Trinajstić information content (AvgIpc) is 3.00. The second kappa shape index (κ2) is 5.61. The third kappa shape index (κ3) is 2.73. The van der Waals surface area contributed by atoms with Gasteiger partial charge in [-0.3, -0.25) is 4.79 Å². The number of fused-ring (bicyclic) bond motifs is 1. The summed E-state index contributed by atoms with van der Waals surface area (Å²) in [4.78, 5) is 16.1. The minimum Gasteiger partial charge on any atom is -0.342 e. The minimum atomic E-state index is -0.313. The average molecular weight is 326 g/mol. The molecule has 1 unspecified atom stereocenters. The van der Waals surface area contributed by atoms with Crippen LogP contribution in [0.4, 0.5) is 0 Å². The van der Waals surface area contributed by atoms with Crippen molar-refractivity contribution in [2.24, 2.45) is 0 Å². The van der Waals surface area contributed by atoms with E-state index in [1.165, 1.54) is 6.07 Å². The summed E-state index contributed by atoms with van der Waals surface area (Å²) < 4.78 is 2.05. The molecular formula is C13H13Cl2N5O. The third-order valence-corrected chi connectivity index (χ3v) is 3.93. The Hall–Kier alpha value is -1.66. The number of rotatable bonds is 3. The predicted molar refractivity (Wildman–Crippen MR) is 78.5 cm³/mol. The van der Waals surface area contributed by atoms with Crippen LogP contribution in [0.5, 0.6) is 0 Å². The molecule has 21 heavy (non-hydrogen) atoms. The normalized spacial score (nSPS) is 14.8. The van der Waals surface area contributed by atoms with E-state index in [0.29, 0.717) is 0 Å². The topological polar surface area (TPSA) is 72.7 Å².